The summed E-state index contributed by atoms with van der Waals surface area (Å²) < 4.78 is 5.29. The van der Waals surface area contributed by atoms with Crippen LogP contribution in [-0.4, -0.2) is 33.8 Å². The number of hydrogen-bond donors (Lipinski definition) is 2. The van der Waals surface area contributed by atoms with Crippen molar-refractivity contribution in [2.75, 3.05) is 18.5 Å². The maximum atomic E-state index is 10.2. The van der Waals surface area contributed by atoms with Gasteiger partial charge in [0.25, 0.3) is 0 Å². The first-order valence-electron chi connectivity index (χ1n) is 6.34. The van der Waals surface area contributed by atoms with Gasteiger partial charge in [0.1, 0.15) is 12.1 Å². The second-order valence-corrected chi connectivity index (χ2v) is 5.12. The molecule has 1 unspecified atom stereocenters. The van der Waals surface area contributed by atoms with E-state index in [0.29, 0.717) is 30.8 Å². The van der Waals surface area contributed by atoms with Crippen molar-refractivity contribution < 1.29 is 9.84 Å². The quantitative estimate of drug-likeness (QED) is 0.778. The minimum absolute atomic E-state index is 0.450. The summed E-state index contributed by atoms with van der Waals surface area (Å²) in [6, 6.07) is 1.73. The zero-order valence-corrected chi connectivity index (χ0v) is 11.6. The molecule has 0 amide bonds. The molecule has 5 nitrogen and oxygen atoms in total. The predicted octanol–water partition coefficient (Wildman–Crippen LogP) is 2.08. The van der Waals surface area contributed by atoms with Gasteiger partial charge >= 0.3 is 0 Å². The van der Waals surface area contributed by atoms with E-state index >= 15 is 0 Å². The Balaban J connectivity index is 2.54. The summed E-state index contributed by atoms with van der Waals surface area (Å²) in [5.74, 6) is 1.65. The second-order valence-electron chi connectivity index (χ2n) is 5.12. The summed E-state index contributed by atoms with van der Waals surface area (Å²) in [6.45, 7) is 8.93. The third kappa shape index (κ3) is 5.31. The van der Waals surface area contributed by atoms with Crippen LogP contribution in [0, 0.1) is 5.92 Å². The highest BCUT2D eigenvalue weighted by Crippen LogP contribution is 2.18. The van der Waals surface area contributed by atoms with E-state index in [2.05, 4.69) is 29.1 Å². The number of nitrogens with zero attached hydrogens (tertiary/aromatic N) is 2. The van der Waals surface area contributed by atoms with Crippen LogP contribution in [0.4, 0.5) is 5.82 Å². The van der Waals surface area contributed by atoms with Crippen LogP contribution < -0.4 is 10.1 Å². The summed E-state index contributed by atoms with van der Waals surface area (Å²) in [5.41, 5.74) is -0.745. The van der Waals surface area contributed by atoms with Gasteiger partial charge in [0.2, 0.25) is 5.88 Å². The topological polar surface area (TPSA) is 67.3 Å². The molecule has 2 N–H and O–H groups in total. The summed E-state index contributed by atoms with van der Waals surface area (Å²) >= 11 is 0. The molecule has 1 aromatic rings. The van der Waals surface area contributed by atoms with Crippen LogP contribution >= 0.6 is 0 Å². The van der Waals surface area contributed by atoms with Gasteiger partial charge in [0.05, 0.1) is 12.2 Å². The molecule has 5 heteroatoms. The Morgan fingerprint density at radius 2 is 2.17 bits per heavy atom. The summed E-state index contributed by atoms with van der Waals surface area (Å²) in [5, 5.41) is 13.3. The van der Waals surface area contributed by atoms with Gasteiger partial charge in [-0.15, -0.1) is 0 Å². The normalized spacial score (nSPS) is 14.3. The maximum absolute atomic E-state index is 10.2. The molecule has 0 aromatic carbocycles. The lowest BCUT2D eigenvalue weighted by molar-refractivity contribution is 0.0514. The van der Waals surface area contributed by atoms with Crippen molar-refractivity contribution in [3.8, 4) is 5.88 Å². The van der Waals surface area contributed by atoms with Crippen LogP contribution in [0.1, 0.15) is 34.1 Å². The van der Waals surface area contributed by atoms with Crippen molar-refractivity contribution >= 4 is 5.82 Å². The van der Waals surface area contributed by atoms with Crippen molar-refractivity contribution in [1.82, 2.24) is 9.97 Å². The summed E-state index contributed by atoms with van der Waals surface area (Å²) in [7, 11) is 0. The number of hydrogen-bond acceptors (Lipinski definition) is 5. The van der Waals surface area contributed by atoms with Gasteiger partial charge in [-0.05, 0) is 26.2 Å². The number of nitrogens with one attached hydrogen (secondary N) is 1. The van der Waals surface area contributed by atoms with Gasteiger partial charge in [-0.25, -0.2) is 9.97 Å². The average Bonchev–Trinajstić information content (AvgIpc) is 2.26. The molecule has 18 heavy (non-hydrogen) atoms. The van der Waals surface area contributed by atoms with Gasteiger partial charge in [-0.2, -0.15) is 0 Å². The molecule has 0 aliphatic rings. The Labute approximate surface area is 109 Å². The Morgan fingerprint density at radius 3 is 2.78 bits per heavy atom. The Morgan fingerprint density at radius 1 is 1.44 bits per heavy atom. The van der Waals surface area contributed by atoms with E-state index in [0.717, 1.165) is 6.42 Å². The predicted molar refractivity (Wildman–Crippen MR) is 71.8 cm³/mol. The van der Waals surface area contributed by atoms with E-state index in [1.807, 2.05) is 13.8 Å². The van der Waals surface area contributed by atoms with Gasteiger partial charge in [0, 0.05) is 12.6 Å². The minimum atomic E-state index is -0.745. The summed E-state index contributed by atoms with van der Waals surface area (Å²) in [6.07, 6.45) is 2.19. The fourth-order valence-electron chi connectivity index (χ4n) is 1.90. The molecule has 0 saturated carbocycles. The Hall–Kier alpha value is -1.36. The third-order valence-corrected chi connectivity index (χ3v) is 2.43. The first-order chi connectivity index (χ1) is 8.43. The van der Waals surface area contributed by atoms with Crippen molar-refractivity contribution in [3.63, 3.8) is 0 Å². The van der Waals surface area contributed by atoms with Gasteiger partial charge in [-0.3, -0.25) is 0 Å². The third-order valence-electron chi connectivity index (χ3n) is 2.43. The minimum Gasteiger partial charge on any atom is -0.478 e. The number of anilines is 1. The number of aromatic nitrogens is 2. The smallest absolute Gasteiger partial charge is 0.218 e. The second kappa shape index (κ2) is 6.54. The fraction of sp³-hybridized carbons (Fsp3) is 0.692. The molecule has 0 aliphatic carbocycles. The van der Waals surface area contributed by atoms with E-state index in [4.69, 9.17) is 4.74 Å². The lowest BCUT2D eigenvalue weighted by Gasteiger charge is -2.25. The molecule has 0 bridgehead atoms. The monoisotopic (exact) mass is 253 g/mol. The molecule has 0 radical (unpaired) electrons. The first kappa shape index (κ1) is 14.7. The molecule has 0 spiro atoms. The molecule has 0 fully saturated rings. The van der Waals surface area contributed by atoms with E-state index < -0.39 is 5.60 Å². The van der Waals surface area contributed by atoms with E-state index in [1.54, 1.807) is 6.07 Å². The molecule has 1 aromatic heterocycles. The van der Waals surface area contributed by atoms with Crippen LogP contribution in [0.3, 0.4) is 0 Å². The Kier molecular flexibility index (Phi) is 5.34. The van der Waals surface area contributed by atoms with E-state index in [9.17, 15) is 5.11 Å². The van der Waals surface area contributed by atoms with Gasteiger partial charge in [0.15, 0.2) is 0 Å². The Bertz CT molecular complexity index is 367. The summed E-state index contributed by atoms with van der Waals surface area (Å²) in [4.78, 5) is 8.08. The van der Waals surface area contributed by atoms with Gasteiger partial charge < -0.3 is 15.2 Å². The molecule has 1 atom stereocenters. The highest BCUT2D eigenvalue weighted by atomic mass is 16.5. The van der Waals surface area contributed by atoms with Crippen LogP contribution in [0.5, 0.6) is 5.88 Å². The van der Waals surface area contributed by atoms with Crippen LogP contribution in [0.15, 0.2) is 12.4 Å². The lowest BCUT2D eigenvalue weighted by atomic mass is 9.94. The van der Waals surface area contributed by atoms with E-state index in [1.165, 1.54) is 6.33 Å². The highest BCUT2D eigenvalue weighted by molar-refractivity contribution is 5.37. The zero-order chi connectivity index (χ0) is 13.6. The molecular formula is C13H23N3O2. The van der Waals surface area contributed by atoms with E-state index in [-0.39, 0.29) is 0 Å². The van der Waals surface area contributed by atoms with Crippen LogP contribution in [0.25, 0.3) is 0 Å². The lowest BCUT2D eigenvalue weighted by Crippen LogP contribution is -2.35. The first-order valence-corrected chi connectivity index (χ1v) is 6.34. The molecular weight excluding hydrogens is 230 g/mol. The maximum Gasteiger partial charge on any atom is 0.218 e. The molecule has 0 aliphatic heterocycles. The van der Waals surface area contributed by atoms with Gasteiger partial charge in [-0.1, -0.05) is 13.8 Å². The van der Waals surface area contributed by atoms with Crippen molar-refractivity contribution in [3.05, 3.63) is 12.4 Å². The largest absolute Gasteiger partial charge is 0.478 e. The average molecular weight is 253 g/mol. The standard InChI is InChI=1S/C13H23N3O2/c1-5-18-12-6-11(15-9-16-12)14-8-13(4,17)7-10(2)3/h6,9-10,17H,5,7-8H2,1-4H3,(H,14,15,16). The highest BCUT2D eigenvalue weighted by Gasteiger charge is 2.21. The number of rotatable bonds is 7. The van der Waals surface area contributed by atoms with Crippen molar-refractivity contribution in [2.24, 2.45) is 5.92 Å². The van der Waals surface area contributed by atoms with Crippen molar-refractivity contribution in [1.29, 1.82) is 0 Å². The zero-order valence-electron chi connectivity index (χ0n) is 11.6. The fourth-order valence-corrected chi connectivity index (χ4v) is 1.90. The number of ether oxygens (including phenoxy) is 1. The molecule has 1 rings (SSSR count). The van der Waals surface area contributed by atoms with Crippen molar-refractivity contribution in [2.45, 2.75) is 39.7 Å². The number of aliphatic hydroxyl groups is 1. The molecule has 1 heterocycles. The van der Waals surface area contributed by atoms with Crippen LogP contribution in [-0.2, 0) is 0 Å². The van der Waals surface area contributed by atoms with Crippen LogP contribution in [0.2, 0.25) is 0 Å². The molecule has 102 valence electrons. The molecule has 0 saturated heterocycles. The SMILES string of the molecule is CCOc1cc(NCC(C)(O)CC(C)C)ncn1.